The number of anilines is 2. The smallest absolute Gasteiger partial charge is 0.272 e. The Morgan fingerprint density at radius 1 is 0.800 bits per heavy atom. The number of hydrogen-bond donors (Lipinski definition) is 3. The summed E-state index contributed by atoms with van der Waals surface area (Å²) in [6.45, 7) is 1.78. The molecule has 45 heavy (non-hydrogen) atoms. The van der Waals surface area contributed by atoms with Gasteiger partial charge in [-0.15, -0.1) is 11.8 Å². The molecule has 1 atom stereocenters. The number of hydrogen-bond acceptors (Lipinski definition) is 7. The molecule has 0 fully saturated rings. The monoisotopic (exact) mass is 645 g/mol. The minimum Gasteiger partial charge on any atom is -0.497 e. The first-order valence-corrected chi connectivity index (χ1v) is 15.0. The Kier molecular flexibility index (Phi) is 11.5. The highest BCUT2D eigenvalue weighted by Crippen LogP contribution is 2.36. The van der Waals surface area contributed by atoms with Crippen molar-refractivity contribution in [2.75, 3.05) is 32.0 Å². The van der Waals surface area contributed by atoms with Gasteiger partial charge in [-0.25, -0.2) is 0 Å². The topological polar surface area (TPSA) is 115 Å². The quantitative estimate of drug-likeness (QED) is 0.113. The van der Waals surface area contributed by atoms with E-state index in [1.54, 1.807) is 111 Å². The molecule has 3 amide bonds. The third-order valence-electron chi connectivity index (χ3n) is 6.48. The lowest BCUT2D eigenvalue weighted by Crippen LogP contribution is -2.30. The standard InChI is InChI=1S/C34H32ClN3O6S/c1-21(32(39)37-28-19-27(35)30(43-3)20-31(28)44-4)45-26-16-12-24(13-17-26)36-34(41)29(18-22-10-14-25(42-2)15-11-22)38-33(40)23-8-6-5-7-9-23/h5-21H,1-4H3,(H,36,41)(H,37,39)(H,38,40)/b29-18-. The van der Waals surface area contributed by atoms with Gasteiger partial charge in [-0.05, 0) is 73.2 Å². The lowest BCUT2D eigenvalue weighted by atomic mass is 10.1. The predicted molar refractivity (Wildman–Crippen MR) is 178 cm³/mol. The number of carbonyl (C=O) groups is 3. The van der Waals surface area contributed by atoms with Gasteiger partial charge in [-0.2, -0.15) is 0 Å². The summed E-state index contributed by atoms with van der Waals surface area (Å²) in [6, 6.07) is 25.9. The second kappa shape index (κ2) is 15.7. The number of halogens is 1. The van der Waals surface area contributed by atoms with Crippen molar-refractivity contribution in [1.29, 1.82) is 0 Å². The van der Waals surface area contributed by atoms with Crippen LogP contribution in [0, 0.1) is 0 Å². The van der Waals surface area contributed by atoms with Gasteiger partial charge in [0, 0.05) is 22.2 Å². The number of ether oxygens (including phenoxy) is 3. The van der Waals surface area contributed by atoms with E-state index in [1.807, 2.05) is 0 Å². The lowest BCUT2D eigenvalue weighted by molar-refractivity contribution is -0.115. The van der Waals surface area contributed by atoms with Crippen LogP contribution in [0.1, 0.15) is 22.8 Å². The average molecular weight is 646 g/mol. The fourth-order valence-corrected chi connectivity index (χ4v) is 5.18. The van der Waals surface area contributed by atoms with Crippen molar-refractivity contribution >= 4 is 58.5 Å². The van der Waals surface area contributed by atoms with Crippen molar-refractivity contribution in [3.8, 4) is 17.2 Å². The molecule has 4 aromatic rings. The molecular formula is C34H32ClN3O6S. The van der Waals surface area contributed by atoms with Gasteiger partial charge in [0.05, 0.1) is 37.3 Å². The van der Waals surface area contributed by atoms with Crippen LogP contribution in [0.5, 0.6) is 17.2 Å². The molecule has 0 aromatic heterocycles. The Bertz CT molecular complexity index is 1680. The Balaban J connectivity index is 1.43. The number of carbonyl (C=O) groups excluding carboxylic acids is 3. The molecule has 1 unspecified atom stereocenters. The van der Waals surface area contributed by atoms with Crippen LogP contribution in [0.15, 0.2) is 102 Å². The normalized spacial score (nSPS) is 11.6. The predicted octanol–water partition coefficient (Wildman–Crippen LogP) is 6.89. The van der Waals surface area contributed by atoms with Gasteiger partial charge in [0.15, 0.2) is 0 Å². The third-order valence-corrected chi connectivity index (χ3v) is 7.89. The van der Waals surface area contributed by atoms with E-state index in [1.165, 1.54) is 26.0 Å². The van der Waals surface area contributed by atoms with Crippen LogP contribution >= 0.6 is 23.4 Å². The summed E-state index contributed by atoms with van der Waals surface area (Å²) in [7, 11) is 4.56. The van der Waals surface area contributed by atoms with Crippen molar-refractivity contribution in [3.63, 3.8) is 0 Å². The van der Waals surface area contributed by atoms with E-state index in [2.05, 4.69) is 16.0 Å². The van der Waals surface area contributed by atoms with E-state index in [9.17, 15) is 14.4 Å². The first-order chi connectivity index (χ1) is 21.7. The average Bonchev–Trinajstić information content (AvgIpc) is 3.06. The van der Waals surface area contributed by atoms with E-state index < -0.39 is 17.1 Å². The van der Waals surface area contributed by atoms with Gasteiger partial charge in [-0.1, -0.05) is 41.9 Å². The zero-order valence-corrected chi connectivity index (χ0v) is 26.6. The van der Waals surface area contributed by atoms with Crippen LogP contribution < -0.4 is 30.2 Å². The number of amides is 3. The molecule has 11 heteroatoms. The third kappa shape index (κ3) is 9.04. The molecule has 232 valence electrons. The fourth-order valence-electron chi connectivity index (χ4n) is 4.07. The molecule has 4 aromatic carbocycles. The van der Waals surface area contributed by atoms with E-state index >= 15 is 0 Å². The Labute approximate surface area is 270 Å². The minimum absolute atomic E-state index is 0.0619. The second-order valence-electron chi connectivity index (χ2n) is 9.57. The van der Waals surface area contributed by atoms with E-state index in [4.69, 9.17) is 25.8 Å². The Hall–Kier alpha value is -4.93. The highest BCUT2D eigenvalue weighted by molar-refractivity contribution is 8.00. The summed E-state index contributed by atoms with van der Waals surface area (Å²) < 4.78 is 15.8. The van der Waals surface area contributed by atoms with Crippen LogP contribution in [-0.2, 0) is 9.59 Å². The number of nitrogens with one attached hydrogen (secondary N) is 3. The molecule has 0 saturated carbocycles. The highest BCUT2D eigenvalue weighted by atomic mass is 35.5. The van der Waals surface area contributed by atoms with Gasteiger partial charge < -0.3 is 30.2 Å². The first kappa shape index (κ1) is 33.0. The summed E-state index contributed by atoms with van der Waals surface area (Å²) in [5, 5.41) is 8.28. The number of methoxy groups -OCH3 is 3. The molecule has 9 nitrogen and oxygen atoms in total. The summed E-state index contributed by atoms with van der Waals surface area (Å²) in [5.41, 5.74) is 2.11. The maximum absolute atomic E-state index is 13.3. The summed E-state index contributed by atoms with van der Waals surface area (Å²) in [5.74, 6) is 0.347. The van der Waals surface area contributed by atoms with Crippen LogP contribution in [-0.4, -0.2) is 44.3 Å². The maximum Gasteiger partial charge on any atom is 0.272 e. The summed E-state index contributed by atoms with van der Waals surface area (Å²) >= 11 is 7.57. The zero-order valence-electron chi connectivity index (χ0n) is 25.1. The van der Waals surface area contributed by atoms with Crippen molar-refractivity contribution in [2.24, 2.45) is 0 Å². The van der Waals surface area contributed by atoms with E-state index in [0.29, 0.717) is 44.8 Å². The summed E-state index contributed by atoms with van der Waals surface area (Å²) in [4.78, 5) is 40.0. The Morgan fingerprint density at radius 3 is 2.09 bits per heavy atom. The molecule has 0 aliphatic heterocycles. The molecule has 0 saturated heterocycles. The van der Waals surface area contributed by atoms with Crippen LogP contribution in [0.2, 0.25) is 5.02 Å². The number of benzene rings is 4. The molecule has 0 heterocycles. The highest BCUT2D eigenvalue weighted by Gasteiger charge is 2.19. The van der Waals surface area contributed by atoms with Crippen molar-refractivity contribution in [3.05, 3.63) is 113 Å². The maximum atomic E-state index is 13.3. The Morgan fingerprint density at radius 2 is 1.47 bits per heavy atom. The largest absolute Gasteiger partial charge is 0.497 e. The van der Waals surface area contributed by atoms with Gasteiger partial charge in [0.25, 0.3) is 11.8 Å². The zero-order chi connectivity index (χ0) is 32.3. The number of rotatable bonds is 12. The number of thioether (sulfide) groups is 1. The molecule has 0 aliphatic rings. The first-order valence-electron chi connectivity index (χ1n) is 13.7. The van der Waals surface area contributed by atoms with Crippen LogP contribution in [0.3, 0.4) is 0 Å². The molecule has 0 radical (unpaired) electrons. The second-order valence-corrected chi connectivity index (χ2v) is 11.4. The summed E-state index contributed by atoms with van der Waals surface area (Å²) in [6.07, 6.45) is 1.59. The molecule has 3 N–H and O–H groups in total. The lowest BCUT2D eigenvalue weighted by Gasteiger charge is -2.16. The molecule has 4 rings (SSSR count). The van der Waals surface area contributed by atoms with Gasteiger partial charge in [-0.3, -0.25) is 14.4 Å². The van der Waals surface area contributed by atoms with Gasteiger partial charge in [0.2, 0.25) is 5.91 Å². The van der Waals surface area contributed by atoms with Crippen molar-refractivity contribution < 1.29 is 28.6 Å². The van der Waals surface area contributed by atoms with Gasteiger partial charge in [0.1, 0.15) is 22.9 Å². The fraction of sp³-hybridized carbons (Fsp3) is 0.147. The van der Waals surface area contributed by atoms with Gasteiger partial charge >= 0.3 is 0 Å². The van der Waals surface area contributed by atoms with Crippen molar-refractivity contribution in [2.45, 2.75) is 17.1 Å². The molecule has 0 spiro atoms. The van der Waals surface area contributed by atoms with Crippen molar-refractivity contribution in [1.82, 2.24) is 5.32 Å². The van der Waals surface area contributed by atoms with Crippen LogP contribution in [0.4, 0.5) is 11.4 Å². The van der Waals surface area contributed by atoms with Crippen LogP contribution in [0.25, 0.3) is 6.08 Å². The van der Waals surface area contributed by atoms with E-state index in [-0.39, 0.29) is 11.6 Å². The van der Waals surface area contributed by atoms with E-state index in [0.717, 1.165) is 4.90 Å². The SMILES string of the molecule is COc1ccc(/C=C(\NC(=O)c2ccccc2)C(=O)Nc2ccc(SC(C)C(=O)Nc3cc(Cl)c(OC)cc3OC)cc2)cc1. The minimum atomic E-state index is -0.504. The molecule has 0 aliphatic carbocycles. The molecule has 0 bridgehead atoms. The molecular weight excluding hydrogens is 614 g/mol.